The summed E-state index contributed by atoms with van der Waals surface area (Å²) in [5, 5.41) is 49.6. The predicted octanol–water partition coefficient (Wildman–Crippen LogP) is 8.15. The number of nitrogens with one attached hydrogen (secondary N) is 2. The van der Waals surface area contributed by atoms with E-state index < -0.39 is 0 Å². The molecule has 0 aromatic heterocycles. The number of hydrogen-bond acceptors (Lipinski definition) is 9. The minimum atomic E-state index is -0.257. The lowest BCUT2D eigenvalue weighted by Crippen LogP contribution is -2.50. The van der Waals surface area contributed by atoms with Crippen LogP contribution in [0.3, 0.4) is 0 Å². The van der Waals surface area contributed by atoms with Gasteiger partial charge in [0.1, 0.15) is 0 Å². The molecule has 7 aliphatic rings. The van der Waals surface area contributed by atoms with Crippen LogP contribution in [0.2, 0.25) is 0 Å². The van der Waals surface area contributed by atoms with E-state index in [0.717, 1.165) is 64.8 Å². The molecule has 0 radical (unpaired) electrons. The van der Waals surface area contributed by atoms with Crippen LogP contribution < -0.4 is 16.4 Å². The topological polar surface area (TPSA) is 153 Å². The third-order valence-electron chi connectivity index (χ3n) is 16.8. The summed E-state index contributed by atoms with van der Waals surface area (Å²) in [5.41, 5.74) is 13.8. The minimum Gasteiger partial charge on any atom is -0.396 e. The summed E-state index contributed by atoms with van der Waals surface area (Å²) in [4.78, 5) is 3.30. The molecule has 59 heavy (non-hydrogen) atoms. The zero-order chi connectivity index (χ0) is 43.6. The molecule has 3 fully saturated rings. The van der Waals surface area contributed by atoms with E-state index >= 15 is 0 Å². The van der Waals surface area contributed by atoms with Crippen LogP contribution >= 0.6 is 24.4 Å². The maximum atomic E-state index is 10.2. The van der Waals surface area contributed by atoms with Crippen molar-refractivity contribution in [2.45, 2.75) is 156 Å². The first-order valence-corrected chi connectivity index (χ1v) is 24.0. The highest BCUT2D eigenvalue weighted by Gasteiger charge is 2.53. The Hall–Kier alpha value is -1.27. The summed E-state index contributed by atoms with van der Waals surface area (Å²) < 4.78 is 4.94. The number of allylic oxidation sites excluding steroid dienone is 2. The summed E-state index contributed by atoms with van der Waals surface area (Å²) in [5.74, 6) is 2.43. The smallest absolute Gasteiger partial charge is 0.166 e. The lowest BCUT2D eigenvalue weighted by molar-refractivity contribution is -0.0579. The van der Waals surface area contributed by atoms with Crippen molar-refractivity contribution in [3.8, 4) is 0 Å². The molecular weight excluding hydrogens is 777 g/mol. The van der Waals surface area contributed by atoms with Crippen LogP contribution in [0.1, 0.15) is 144 Å². The highest BCUT2D eigenvalue weighted by Crippen LogP contribution is 2.60. The summed E-state index contributed by atoms with van der Waals surface area (Å²) in [6.07, 6.45) is 17.0. The van der Waals surface area contributed by atoms with E-state index in [1.807, 2.05) is 7.05 Å². The molecule has 0 aromatic rings. The monoisotopic (exact) mass is 861 g/mol. The number of aliphatic imine (C=N–C) groups is 1. The van der Waals surface area contributed by atoms with Gasteiger partial charge in [0.05, 0.1) is 17.4 Å². The van der Waals surface area contributed by atoms with E-state index in [4.69, 9.17) is 22.7 Å². The lowest BCUT2D eigenvalue weighted by Gasteiger charge is -2.52. The predicted molar refractivity (Wildman–Crippen MR) is 249 cm³/mol. The van der Waals surface area contributed by atoms with Gasteiger partial charge in [-0.2, -0.15) is 0 Å². The fraction of sp³-hybridized carbons (Fsp3) is 0.875. The Kier molecular flexibility index (Phi) is 19.1. The van der Waals surface area contributed by atoms with Gasteiger partial charge in [-0.3, -0.25) is 0 Å². The van der Waals surface area contributed by atoms with Crippen molar-refractivity contribution in [3.05, 3.63) is 22.3 Å². The third-order valence-corrected chi connectivity index (χ3v) is 17.3. The van der Waals surface area contributed by atoms with Gasteiger partial charge in [0, 0.05) is 53.0 Å². The van der Waals surface area contributed by atoms with Crippen molar-refractivity contribution in [2.75, 3.05) is 53.6 Å². The molecule has 9 nitrogen and oxygen atoms in total. The summed E-state index contributed by atoms with van der Waals surface area (Å²) in [7, 11) is 3.45. The lowest BCUT2D eigenvalue weighted by atomic mass is 9.53. The third kappa shape index (κ3) is 11.9. The number of thiocarbonyl (C=S) groups is 2. The van der Waals surface area contributed by atoms with Crippen molar-refractivity contribution in [1.82, 2.24) is 10.6 Å². The van der Waals surface area contributed by atoms with Crippen molar-refractivity contribution >= 4 is 34.7 Å². The highest BCUT2D eigenvalue weighted by molar-refractivity contribution is 7.80. The molecule has 10 atom stereocenters. The second-order valence-electron chi connectivity index (χ2n) is 20.7. The SMILES string of the molecule is C1CCOC1.CC1(C)CCC2=C1CC[C@H]([C@@]1(C)CC[C@H](O)C[C@@H]1CO)[C@H]2CN.CN=C=S.CNC(=S)NC[C@H]1C2=C(CC[C@@H]1[C@@]1(C)CC[C@H](O)C[C@@H]1CO)C(C)(C)CC2. The van der Waals surface area contributed by atoms with Gasteiger partial charge in [0.2, 0.25) is 0 Å². The molecule has 0 unspecified atom stereocenters. The first-order chi connectivity index (χ1) is 28.0. The van der Waals surface area contributed by atoms with E-state index in [1.54, 1.807) is 29.3 Å². The number of isothiocyanates is 1. The fourth-order valence-corrected chi connectivity index (χ4v) is 13.0. The number of aliphatic hydroxyl groups is 4. The first-order valence-electron chi connectivity index (χ1n) is 23.2. The number of nitrogens with two attached hydrogens (primary N) is 1. The first kappa shape index (κ1) is 50.4. The molecule has 338 valence electrons. The largest absolute Gasteiger partial charge is 0.396 e. The van der Waals surface area contributed by atoms with Gasteiger partial charge in [-0.05, 0) is 185 Å². The van der Waals surface area contributed by atoms with Gasteiger partial charge < -0.3 is 41.5 Å². The zero-order valence-corrected chi connectivity index (χ0v) is 39.8. The van der Waals surface area contributed by atoms with Crippen molar-refractivity contribution in [1.29, 1.82) is 0 Å². The van der Waals surface area contributed by atoms with Crippen LogP contribution in [0.4, 0.5) is 0 Å². The van der Waals surface area contributed by atoms with Gasteiger partial charge >= 0.3 is 0 Å². The van der Waals surface area contributed by atoms with Crippen LogP contribution in [0.5, 0.6) is 0 Å². The normalized spacial score (nSPS) is 36.9. The number of aliphatic hydroxyl groups excluding tert-OH is 4. The van der Waals surface area contributed by atoms with Gasteiger partial charge in [0.15, 0.2) is 5.11 Å². The Morgan fingerprint density at radius 1 is 0.763 bits per heavy atom. The van der Waals surface area contributed by atoms with E-state index in [2.05, 4.69) is 74.5 Å². The average molecular weight is 861 g/mol. The van der Waals surface area contributed by atoms with E-state index in [-0.39, 0.29) is 48.1 Å². The van der Waals surface area contributed by atoms with E-state index in [1.165, 1.54) is 64.2 Å². The van der Waals surface area contributed by atoms with Crippen molar-refractivity contribution < 1.29 is 25.2 Å². The van der Waals surface area contributed by atoms with Gasteiger partial charge in [-0.25, -0.2) is 4.99 Å². The maximum absolute atomic E-state index is 10.2. The van der Waals surface area contributed by atoms with Gasteiger partial charge in [-0.1, -0.05) is 63.8 Å². The van der Waals surface area contributed by atoms with E-state index in [0.29, 0.717) is 39.6 Å². The molecule has 7 rings (SSSR count). The molecule has 0 amide bonds. The molecule has 0 aromatic carbocycles. The fourth-order valence-electron chi connectivity index (χ4n) is 13.0. The summed E-state index contributed by atoms with van der Waals surface area (Å²) >= 11 is 9.50. The zero-order valence-electron chi connectivity index (χ0n) is 38.2. The number of nitrogens with zero attached hydrogens (tertiary/aromatic N) is 1. The second-order valence-corrected chi connectivity index (χ2v) is 21.3. The molecule has 0 bridgehead atoms. The van der Waals surface area contributed by atoms with Crippen LogP contribution in [-0.4, -0.2) is 96.5 Å². The maximum Gasteiger partial charge on any atom is 0.166 e. The highest BCUT2D eigenvalue weighted by atomic mass is 32.1. The second kappa shape index (κ2) is 22.4. The molecule has 11 heteroatoms. The minimum absolute atomic E-state index is 0.0762. The molecule has 8 N–H and O–H groups in total. The molecule has 0 spiro atoms. The summed E-state index contributed by atoms with van der Waals surface area (Å²) in [6, 6.07) is 0. The Morgan fingerprint density at radius 2 is 1.20 bits per heavy atom. The molecule has 1 heterocycles. The molecule has 1 saturated heterocycles. The average Bonchev–Trinajstić information content (AvgIpc) is 3.99. The number of rotatable bonds is 7. The van der Waals surface area contributed by atoms with Crippen LogP contribution in [0, 0.1) is 57.2 Å². The van der Waals surface area contributed by atoms with Gasteiger partial charge in [-0.15, -0.1) is 0 Å². The van der Waals surface area contributed by atoms with Crippen LogP contribution in [-0.2, 0) is 4.74 Å². The molecule has 1 aliphatic heterocycles. The van der Waals surface area contributed by atoms with Crippen molar-refractivity contribution in [3.63, 3.8) is 0 Å². The molecular formula is C48H84N4O5S2. The van der Waals surface area contributed by atoms with Crippen molar-refractivity contribution in [2.24, 2.45) is 67.9 Å². The number of ether oxygens (including phenoxy) is 1. The van der Waals surface area contributed by atoms with Crippen LogP contribution in [0.15, 0.2) is 27.3 Å². The molecule has 2 saturated carbocycles. The Bertz CT molecular complexity index is 1480. The molecule has 6 aliphatic carbocycles. The Balaban J connectivity index is 0.000000217. The Labute approximate surface area is 369 Å². The Morgan fingerprint density at radius 3 is 1.58 bits per heavy atom. The standard InChI is InChI=1S/C22H38N2O2S.C20H35NO2.C4H8O.C2H3NS/c1-21(2)9-8-16-17(12-24-20(27)23-4)19(6-5-18(16)21)22(3)10-7-15(26)11-14(22)13-25;1-19(2)8-7-15-16(11-21)18(5-4-17(15)19)20(3)9-6-14(23)10-13(20)12-22;1-2-4-5-3-1;1-3-2-4/h14-15,17,19,25-26H,5-13H2,1-4H3,(H2,23,24,27);13-14,16,18,22-23H,4-12,21H2,1-3H3;1-4H2;1H3/t14-,15+,17+,19+,22+;13-,14+,16+,18+,20+;;/m11../s1. The van der Waals surface area contributed by atoms with E-state index in [9.17, 15) is 20.4 Å². The number of hydrogen-bond donors (Lipinski definition) is 7. The quantitative estimate of drug-likeness (QED) is 0.0759. The summed E-state index contributed by atoms with van der Waals surface area (Å²) in [6.45, 7) is 18.3. The van der Waals surface area contributed by atoms with Gasteiger partial charge in [0.25, 0.3) is 0 Å². The van der Waals surface area contributed by atoms with Crippen LogP contribution in [0.25, 0.3) is 0 Å².